The zero-order chi connectivity index (χ0) is 18.5. The van der Waals surface area contributed by atoms with E-state index < -0.39 is 0 Å². The number of halogens is 1. The van der Waals surface area contributed by atoms with Gasteiger partial charge in [-0.1, -0.05) is 53.8 Å². The summed E-state index contributed by atoms with van der Waals surface area (Å²) in [7, 11) is 0. The maximum atomic E-state index is 12.2. The largest absolute Gasteiger partial charge is 0.306 e. The Balaban J connectivity index is 1.59. The Morgan fingerprint density at radius 2 is 1.96 bits per heavy atom. The number of anilines is 1. The molecule has 2 aromatic heterocycles. The van der Waals surface area contributed by atoms with E-state index in [4.69, 9.17) is 11.6 Å². The van der Waals surface area contributed by atoms with Crippen molar-refractivity contribution in [3.05, 3.63) is 35.1 Å². The SMILES string of the molecule is CCc1nnc(SCC(=O)Nc2nnc(-c3ccc(Cl)cc3)s2)n1CC. The van der Waals surface area contributed by atoms with Crippen molar-refractivity contribution in [2.75, 3.05) is 11.1 Å². The highest BCUT2D eigenvalue weighted by molar-refractivity contribution is 7.99. The molecular weight excluding hydrogens is 392 g/mol. The smallest absolute Gasteiger partial charge is 0.236 e. The zero-order valence-corrected chi connectivity index (χ0v) is 16.7. The van der Waals surface area contributed by atoms with Crippen molar-refractivity contribution < 1.29 is 4.79 Å². The van der Waals surface area contributed by atoms with Crippen LogP contribution in [0.4, 0.5) is 5.13 Å². The summed E-state index contributed by atoms with van der Waals surface area (Å²) in [6.45, 7) is 4.85. The van der Waals surface area contributed by atoms with E-state index in [-0.39, 0.29) is 11.7 Å². The van der Waals surface area contributed by atoms with Crippen molar-refractivity contribution in [2.45, 2.75) is 32.0 Å². The number of thioether (sulfide) groups is 1. The number of aryl methyl sites for hydroxylation is 1. The molecule has 0 aliphatic heterocycles. The Labute approximate surface area is 164 Å². The summed E-state index contributed by atoms with van der Waals surface area (Å²) in [5.74, 6) is 1.00. The van der Waals surface area contributed by atoms with Crippen LogP contribution in [0.15, 0.2) is 29.4 Å². The molecule has 7 nitrogen and oxygen atoms in total. The fourth-order valence-corrected chi connectivity index (χ4v) is 3.99. The van der Waals surface area contributed by atoms with E-state index >= 15 is 0 Å². The summed E-state index contributed by atoms with van der Waals surface area (Å²) in [4.78, 5) is 12.2. The minimum atomic E-state index is -0.155. The quantitative estimate of drug-likeness (QED) is 0.599. The minimum absolute atomic E-state index is 0.155. The Bertz CT molecular complexity index is 893. The summed E-state index contributed by atoms with van der Waals surface area (Å²) in [6, 6.07) is 7.32. The second kappa shape index (κ2) is 8.61. The maximum Gasteiger partial charge on any atom is 0.236 e. The topological polar surface area (TPSA) is 85.6 Å². The minimum Gasteiger partial charge on any atom is -0.306 e. The number of amides is 1. The molecule has 0 aliphatic carbocycles. The summed E-state index contributed by atoms with van der Waals surface area (Å²) < 4.78 is 2.02. The molecule has 0 aliphatic rings. The fourth-order valence-electron chi connectivity index (χ4n) is 2.27. The average Bonchev–Trinajstić information content (AvgIpc) is 3.26. The molecule has 3 rings (SSSR count). The number of nitrogens with zero attached hydrogens (tertiary/aromatic N) is 5. The second-order valence-electron chi connectivity index (χ2n) is 5.25. The first-order valence-corrected chi connectivity index (χ1v) is 10.2. The average molecular weight is 409 g/mol. The van der Waals surface area contributed by atoms with Gasteiger partial charge in [0.2, 0.25) is 11.0 Å². The molecule has 136 valence electrons. The molecule has 1 aromatic carbocycles. The van der Waals surface area contributed by atoms with Gasteiger partial charge in [0.15, 0.2) is 5.16 Å². The third kappa shape index (κ3) is 4.40. The van der Waals surface area contributed by atoms with E-state index in [0.29, 0.717) is 10.2 Å². The molecule has 10 heteroatoms. The first-order chi connectivity index (χ1) is 12.6. The van der Waals surface area contributed by atoms with Gasteiger partial charge in [0.25, 0.3) is 0 Å². The lowest BCUT2D eigenvalue weighted by Crippen LogP contribution is -2.14. The van der Waals surface area contributed by atoms with Crippen molar-refractivity contribution in [1.29, 1.82) is 0 Å². The van der Waals surface area contributed by atoms with Crippen LogP contribution in [-0.2, 0) is 17.8 Å². The summed E-state index contributed by atoms with van der Waals surface area (Å²) in [6.07, 6.45) is 0.811. The first-order valence-electron chi connectivity index (χ1n) is 8.04. The monoisotopic (exact) mass is 408 g/mol. The highest BCUT2D eigenvalue weighted by Gasteiger charge is 2.14. The van der Waals surface area contributed by atoms with Crippen LogP contribution in [0.1, 0.15) is 19.7 Å². The molecule has 3 aromatic rings. The van der Waals surface area contributed by atoms with Crippen LogP contribution in [-0.4, -0.2) is 36.6 Å². The van der Waals surface area contributed by atoms with Gasteiger partial charge in [-0.05, 0) is 19.1 Å². The molecule has 0 saturated heterocycles. The molecule has 0 saturated carbocycles. The zero-order valence-electron chi connectivity index (χ0n) is 14.3. The van der Waals surface area contributed by atoms with Crippen LogP contribution in [0.2, 0.25) is 5.02 Å². The van der Waals surface area contributed by atoms with Crippen LogP contribution < -0.4 is 5.32 Å². The van der Waals surface area contributed by atoms with E-state index in [1.54, 1.807) is 12.1 Å². The van der Waals surface area contributed by atoms with E-state index in [1.807, 2.05) is 30.5 Å². The molecule has 2 heterocycles. The highest BCUT2D eigenvalue weighted by atomic mass is 35.5. The van der Waals surface area contributed by atoms with Gasteiger partial charge in [-0.25, -0.2) is 0 Å². The Morgan fingerprint density at radius 3 is 2.65 bits per heavy atom. The molecule has 0 unspecified atom stereocenters. The van der Waals surface area contributed by atoms with Crippen molar-refractivity contribution >= 4 is 45.7 Å². The van der Waals surface area contributed by atoms with E-state index in [2.05, 4.69) is 25.7 Å². The highest BCUT2D eigenvalue weighted by Crippen LogP contribution is 2.27. The third-order valence-corrected chi connectivity index (χ3v) is 5.63. The lowest BCUT2D eigenvalue weighted by atomic mass is 10.2. The lowest BCUT2D eigenvalue weighted by Gasteiger charge is -2.05. The standard InChI is InChI=1S/C16H17ClN6OS2/c1-3-12-19-22-16(23(12)4-2)25-9-13(24)18-15-21-20-14(26-15)10-5-7-11(17)8-6-10/h5-8H,3-4,9H2,1-2H3,(H,18,21,24). The van der Waals surface area contributed by atoms with E-state index in [1.165, 1.54) is 23.1 Å². The molecule has 1 N–H and O–H groups in total. The lowest BCUT2D eigenvalue weighted by molar-refractivity contribution is -0.113. The molecular formula is C16H17ClN6OS2. The molecule has 0 bridgehead atoms. The van der Waals surface area contributed by atoms with Gasteiger partial charge in [-0.3, -0.25) is 10.1 Å². The third-order valence-electron chi connectivity index (χ3n) is 3.52. The van der Waals surface area contributed by atoms with Gasteiger partial charge in [0.05, 0.1) is 5.75 Å². The van der Waals surface area contributed by atoms with E-state index in [0.717, 1.165) is 34.5 Å². The van der Waals surface area contributed by atoms with Gasteiger partial charge < -0.3 is 4.57 Å². The number of hydrogen-bond acceptors (Lipinski definition) is 7. The predicted molar refractivity (Wildman–Crippen MR) is 105 cm³/mol. The van der Waals surface area contributed by atoms with Crippen molar-refractivity contribution in [2.24, 2.45) is 0 Å². The van der Waals surface area contributed by atoms with Crippen LogP contribution >= 0.6 is 34.7 Å². The van der Waals surface area contributed by atoms with Gasteiger partial charge >= 0.3 is 0 Å². The van der Waals surface area contributed by atoms with Gasteiger partial charge in [-0.15, -0.1) is 20.4 Å². The molecule has 0 fully saturated rings. The number of benzene rings is 1. The maximum absolute atomic E-state index is 12.2. The van der Waals surface area contributed by atoms with Crippen molar-refractivity contribution in [3.63, 3.8) is 0 Å². The predicted octanol–water partition coefficient (Wildman–Crippen LogP) is 3.76. The van der Waals surface area contributed by atoms with Gasteiger partial charge in [0, 0.05) is 23.6 Å². The molecule has 0 atom stereocenters. The molecule has 1 amide bonds. The summed E-state index contributed by atoms with van der Waals surface area (Å²) in [5.41, 5.74) is 0.907. The second-order valence-corrected chi connectivity index (χ2v) is 7.61. The number of nitrogens with one attached hydrogen (secondary N) is 1. The first kappa shape index (κ1) is 18.8. The Kier molecular flexibility index (Phi) is 6.23. The number of aromatic nitrogens is 5. The van der Waals surface area contributed by atoms with Crippen LogP contribution in [0.5, 0.6) is 0 Å². The van der Waals surface area contributed by atoms with Crippen LogP contribution in [0.25, 0.3) is 10.6 Å². The summed E-state index contributed by atoms with van der Waals surface area (Å²) in [5, 5.41) is 21.8. The normalized spacial score (nSPS) is 10.9. The summed E-state index contributed by atoms with van der Waals surface area (Å²) >= 11 is 8.56. The Hall–Kier alpha value is -1.97. The van der Waals surface area contributed by atoms with Gasteiger partial charge in [0.1, 0.15) is 10.8 Å². The Morgan fingerprint density at radius 1 is 1.19 bits per heavy atom. The molecule has 0 radical (unpaired) electrons. The van der Waals surface area contributed by atoms with Gasteiger partial charge in [-0.2, -0.15) is 0 Å². The number of carbonyl (C=O) groups is 1. The number of hydrogen-bond donors (Lipinski definition) is 1. The molecule has 26 heavy (non-hydrogen) atoms. The molecule has 0 spiro atoms. The number of carbonyl (C=O) groups excluding carboxylic acids is 1. The fraction of sp³-hybridized carbons (Fsp3) is 0.312. The van der Waals surface area contributed by atoms with Crippen LogP contribution in [0.3, 0.4) is 0 Å². The number of rotatable bonds is 7. The van der Waals surface area contributed by atoms with Crippen molar-refractivity contribution in [3.8, 4) is 10.6 Å². The van der Waals surface area contributed by atoms with Crippen molar-refractivity contribution in [1.82, 2.24) is 25.0 Å². The van der Waals surface area contributed by atoms with Crippen LogP contribution in [0, 0.1) is 0 Å². The van der Waals surface area contributed by atoms with E-state index in [9.17, 15) is 4.79 Å².